The van der Waals surface area contributed by atoms with E-state index >= 15 is 0 Å². The minimum Gasteiger partial charge on any atom is -0.295 e. The molecule has 0 radical (unpaired) electrons. The molecular weight excluding hydrogens is 322 g/mol. The molecule has 0 amide bonds. The molecular formula is C15H20BrNOS. The lowest BCUT2D eigenvalue weighted by atomic mass is 9.75. The zero-order valence-corrected chi connectivity index (χ0v) is 13.5. The Hall–Kier alpha value is -0.190. The van der Waals surface area contributed by atoms with E-state index in [0.29, 0.717) is 6.54 Å². The zero-order chi connectivity index (χ0) is 13.2. The molecule has 0 bridgehead atoms. The van der Waals surface area contributed by atoms with E-state index in [2.05, 4.69) is 20.8 Å². The van der Waals surface area contributed by atoms with Crippen molar-refractivity contribution in [3.05, 3.63) is 20.8 Å². The van der Waals surface area contributed by atoms with Crippen molar-refractivity contribution < 1.29 is 4.79 Å². The van der Waals surface area contributed by atoms with Gasteiger partial charge >= 0.3 is 0 Å². The standard InChI is InChI=1S/C15H20BrNOS/c16-15-6-5-14(19-15)13(18)10-17-8-7-11-3-1-2-4-12(11)9-17/h5-6,11-12H,1-4,7-10H2. The van der Waals surface area contributed by atoms with Crippen molar-refractivity contribution in [3.63, 3.8) is 0 Å². The van der Waals surface area contributed by atoms with Crippen LogP contribution in [0.1, 0.15) is 41.8 Å². The zero-order valence-electron chi connectivity index (χ0n) is 11.1. The summed E-state index contributed by atoms with van der Waals surface area (Å²) in [4.78, 5) is 15.5. The van der Waals surface area contributed by atoms with Gasteiger partial charge in [-0.2, -0.15) is 0 Å². The molecule has 1 aliphatic carbocycles. The van der Waals surface area contributed by atoms with Crippen molar-refractivity contribution in [2.45, 2.75) is 32.1 Å². The van der Waals surface area contributed by atoms with Gasteiger partial charge in [0.2, 0.25) is 0 Å². The van der Waals surface area contributed by atoms with E-state index in [1.165, 1.54) is 32.1 Å². The van der Waals surface area contributed by atoms with Gasteiger partial charge in [0.05, 0.1) is 15.2 Å². The first kappa shape index (κ1) is 13.8. The number of halogens is 1. The average Bonchev–Trinajstić information content (AvgIpc) is 2.85. The number of Topliss-reactive ketones (excluding diaryl/α,β-unsaturated/α-hetero) is 1. The maximum Gasteiger partial charge on any atom is 0.186 e. The van der Waals surface area contributed by atoms with Crippen LogP contribution in [0, 0.1) is 11.8 Å². The van der Waals surface area contributed by atoms with Gasteiger partial charge in [-0.3, -0.25) is 9.69 Å². The molecule has 0 aromatic carbocycles. The topological polar surface area (TPSA) is 20.3 Å². The smallest absolute Gasteiger partial charge is 0.186 e. The highest BCUT2D eigenvalue weighted by Crippen LogP contribution is 2.36. The fourth-order valence-electron chi connectivity index (χ4n) is 3.56. The minimum atomic E-state index is 0.282. The highest BCUT2D eigenvalue weighted by atomic mass is 79.9. The van der Waals surface area contributed by atoms with Crippen LogP contribution in [0.25, 0.3) is 0 Å². The normalized spacial score (nSPS) is 28.1. The number of nitrogens with zero attached hydrogens (tertiary/aromatic N) is 1. The molecule has 2 nitrogen and oxygen atoms in total. The van der Waals surface area contributed by atoms with E-state index in [9.17, 15) is 4.79 Å². The Bertz CT molecular complexity index is 459. The second-order valence-electron chi connectivity index (χ2n) is 5.86. The van der Waals surface area contributed by atoms with Crippen molar-refractivity contribution in [2.75, 3.05) is 19.6 Å². The molecule has 1 saturated carbocycles. The summed E-state index contributed by atoms with van der Waals surface area (Å²) in [5, 5.41) is 0. The molecule has 4 heteroatoms. The summed E-state index contributed by atoms with van der Waals surface area (Å²) in [6.45, 7) is 2.86. The second kappa shape index (κ2) is 6.06. The van der Waals surface area contributed by atoms with Crippen LogP contribution in [0.5, 0.6) is 0 Å². The fourth-order valence-corrected chi connectivity index (χ4v) is 4.88. The van der Waals surface area contributed by atoms with Crippen LogP contribution in [0.2, 0.25) is 0 Å². The molecule has 0 spiro atoms. The summed E-state index contributed by atoms with van der Waals surface area (Å²) in [5.41, 5.74) is 0. The van der Waals surface area contributed by atoms with Crippen LogP contribution in [0.3, 0.4) is 0 Å². The van der Waals surface area contributed by atoms with Gasteiger partial charge in [0.25, 0.3) is 0 Å². The van der Waals surface area contributed by atoms with E-state index in [-0.39, 0.29) is 5.78 Å². The fraction of sp³-hybridized carbons (Fsp3) is 0.667. The van der Waals surface area contributed by atoms with E-state index in [4.69, 9.17) is 0 Å². The van der Waals surface area contributed by atoms with Gasteiger partial charge in [-0.15, -0.1) is 11.3 Å². The second-order valence-corrected chi connectivity index (χ2v) is 8.32. The molecule has 2 heterocycles. The van der Waals surface area contributed by atoms with E-state index in [1.54, 1.807) is 11.3 Å². The largest absolute Gasteiger partial charge is 0.295 e. The third kappa shape index (κ3) is 3.29. The Morgan fingerprint density at radius 3 is 2.79 bits per heavy atom. The average molecular weight is 342 g/mol. The minimum absolute atomic E-state index is 0.282. The molecule has 2 fully saturated rings. The van der Waals surface area contributed by atoms with Crippen LogP contribution in [0.4, 0.5) is 0 Å². The van der Waals surface area contributed by atoms with Crippen LogP contribution in [0.15, 0.2) is 15.9 Å². The molecule has 19 heavy (non-hydrogen) atoms. The number of ketones is 1. The molecule has 2 atom stereocenters. The Morgan fingerprint density at radius 1 is 1.26 bits per heavy atom. The Morgan fingerprint density at radius 2 is 2.05 bits per heavy atom. The predicted octanol–water partition coefficient (Wildman–Crippen LogP) is 4.21. The molecule has 1 aliphatic heterocycles. The molecule has 1 aromatic heterocycles. The Labute approximate surface area is 127 Å². The number of hydrogen-bond acceptors (Lipinski definition) is 3. The summed E-state index contributed by atoms with van der Waals surface area (Å²) < 4.78 is 1.04. The number of rotatable bonds is 3. The summed E-state index contributed by atoms with van der Waals surface area (Å²) in [5.74, 6) is 2.08. The Balaban J connectivity index is 1.57. The lowest BCUT2D eigenvalue weighted by Crippen LogP contribution is -2.43. The first-order chi connectivity index (χ1) is 9.22. The lowest BCUT2D eigenvalue weighted by molar-refractivity contribution is 0.0715. The SMILES string of the molecule is O=C(CN1CCC2CCCCC2C1)c1ccc(Br)s1. The highest BCUT2D eigenvalue weighted by Gasteiger charge is 2.31. The van der Waals surface area contributed by atoms with Gasteiger partial charge < -0.3 is 0 Å². The van der Waals surface area contributed by atoms with E-state index in [0.717, 1.165) is 33.6 Å². The van der Waals surface area contributed by atoms with Crippen molar-refractivity contribution >= 4 is 33.0 Å². The maximum atomic E-state index is 12.2. The predicted molar refractivity (Wildman–Crippen MR) is 82.9 cm³/mol. The van der Waals surface area contributed by atoms with E-state index < -0.39 is 0 Å². The number of piperidine rings is 1. The molecule has 2 unspecified atom stereocenters. The third-order valence-electron chi connectivity index (χ3n) is 4.59. The number of thiophene rings is 1. The summed E-state index contributed by atoms with van der Waals surface area (Å²) in [7, 11) is 0. The summed E-state index contributed by atoms with van der Waals surface area (Å²) in [6, 6.07) is 3.90. The third-order valence-corrected chi connectivity index (χ3v) is 6.26. The number of carbonyl (C=O) groups is 1. The van der Waals surface area contributed by atoms with Crippen molar-refractivity contribution in [1.82, 2.24) is 4.90 Å². The summed E-state index contributed by atoms with van der Waals surface area (Å²) in [6.07, 6.45) is 6.90. The van der Waals surface area contributed by atoms with Crippen molar-refractivity contribution in [1.29, 1.82) is 0 Å². The van der Waals surface area contributed by atoms with Gasteiger partial charge in [-0.05, 0) is 59.3 Å². The number of fused-ring (bicyclic) bond motifs is 1. The van der Waals surface area contributed by atoms with Crippen LogP contribution < -0.4 is 0 Å². The number of likely N-dealkylation sites (tertiary alicyclic amines) is 1. The molecule has 104 valence electrons. The molecule has 0 N–H and O–H groups in total. The number of hydrogen-bond donors (Lipinski definition) is 0. The van der Waals surface area contributed by atoms with Crippen molar-refractivity contribution in [2.24, 2.45) is 11.8 Å². The highest BCUT2D eigenvalue weighted by molar-refractivity contribution is 9.11. The first-order valence-corrected chi connectivity index (χ1v) is 8.84. The van der Waals surface area contributed by atoms with E-state index in [1.807, 2.05) is 12.1 Å². The van der Waals surface area contributed by atoms with Crippen molar-refractivity contribution in [3.8, 4) is 0 Å². The van der Waals surface area contributed by atoms with Gasteiger partial charge in [0.15, 0.2) is 5.78 Å². The first-order valence-electron chi connectivity index (χ1n) is 7.23. The number of carbonyl (C=O) groups excluding carboxylic acids is 1. The van der Waals surface area contributed by atoms with Gasteiger partial charge in [-0.1, -0.05) is 19.3 Å². The van der Waals surface area contributed by atoms with Gasteiger partial charge in [-0.25, -0.2) is 0 Å². The quantitative estimate of drug-likeness (QED) is 0.767. The Kier molecular flexibility index (Phi) is 4.40. The van der Waals surface area contributed by atoms with Crippen LogP contribution in [-0.4, -0.2) is 30.3 Å². The van der Waals surface area contributed by atoms with Crippen LogP contribution >= 0.6 is 27.3 Å². The van der Waals surface area contributed by atoms with Gasteiger partial charge in [0, 0.05) is 6.54 Å². The molecule has 3 rings (SSSR count). The van der Waals surface area contributed by atoms with Crippen LogP contribution in [-0.2, 0) is 0 Å². The molecule has 1 aromatic rings. The monoisotopic (exact) mass is 341 g/mol. The molecule has 2 aliphatic rings. The van der Waals surface area contributed by atoms with Gasteiger partial charge in [0.1, 0.15) is 0 Å². The summed E-state index contributed by atoms with van der Waals surface area (Å²) >= 11 is 4.97. The molecule has 1 saturated heterocycles. The lowest BCUT2D eigenvalue weighted by Gasteiger charge is -2.41. The maximum absolute atomic E-state index is 12.2.